The fraction of sp³-hybridized carbons (Fsp3) is 0.476. The van der Waals surface area contributed by atoms with Gasteiger partial charge in [0.1, 0.15) is 11.6 Å². The average molecular weight is 449 g/mol. The molecule has 168 valence electrons. The molecule has 9 nitrogen and oxygen atoms in total. The van der Waals surface area contributed by atoms with Gasteiger partial charge in [-0.15, -0.1) is 0 Å². The van der Waals surface area contributed by atoms with Crippen molar-refractivity contribution in [1.82, 2.24) is 20.2 Å². The molecule has 1 aromatic carbocycles. The Morgan fingerprint density at radius 2 is 2.10 bits per heavy atom. The molecule has 0 unspecified atom stereocenters. The topological polar surface area (TPSA) is 115 Å². The summed E-state index contributed by atoms with van der Waals surface area (Å²) in [6, 6.07) is 2.96. The zero-order chi connectivity index (χ0) is 22.4. The Kier molecular flexibility index (Phi) is 7.89. The van der Waals surface area contributed by atoms with Crippen LogP contribution in [0.1, 0.15) is 22.5 Å². The number of piperidine rings is 1. The summed E-state index contributed by atoms with van der Waals surface area (Å²) < 4.78 is 11.0. The Bertz CT molecular complexity index is 913. The number of nitrogens with one attached hydrogen (secondary N) is 2. The molecule has 1 aliphatic rings. The van der Waals surface area contributed by atoms with Crippen molar-refractivity contribution < 1.29 is 14.3 Å². The second-order valence-electron chi connectivity index (χ2n) is 7.43. The van der Waals surface area contributed by atoms with Gasteiger partial charge < -0.3 is 25.8 Å². The van der Waals surface area contributed by atoms with Gasteiger partial charge in [-0.25, -0.2) is 4.98 Å². The maximum absolute atomic E-state index is 12.9. The summed E-state index contributed by atoms with van der Waals surface area (Å²) in [7, 11) is 3.15. The van der Waals surface area contributed by atoms with E-state index in [4.69, 9.17) is 26.8 Å². The van der Waals surface area contributed by atoms with E-state index >= 15 is 0 Å². The molecule has 0 saturated carbocycles. The lowest BCUT2D eigenvalue weighted by Gasteiger charge is -2.38. The average Bonchev–Trinajstić information content (AvgIpc) is 2.77. The van der Waals surface area contributed by atoms with Crippen molar-refractivity contribution in [2.24, 2.45) is 0 Å². The molecule has 3 rings (SSSR count). The molecule has 2 atom stereocenters. The minimum Gasteiger partial charge on any atom is -0.496 e. The van der Waals surface area contributed by atoms with Gasteiger partial charge in [0.15, 0.2) is 0 Å². The number of aryl methyl sites for hydroxylation is 1. The van der Waals surface area contributed by atoms with E-state index in [0.717, 1.165) is 37.6 Å². The quantitative estimate of drug-likeness (QED) is 0.525. The Labute approximate surface area is 187 Å². The largest absolute Gasteiger partial charge is 0.496 e. The second kappa shape index (κ2) is 10.6. The summed E-state index contributed by atoms with van der Waals surface area (Å²) in [5, 5.41) is 6.70. The van der Waals surface area contributed by atoms with Gasteiger partial charge in [-0.3, -0.25) is 14.7 Å². The molecule has 1 aromatic heterocycles. The third-order valence-electron chi connectivity index (χ3n) is 5.43. The highest BCUT2D eigenvalue weighted by atomic mass is 35.5. The van der Waals surface area contributed by atoms with Crippen molar-refractivity contribution in [2.45, 2.75) is 25.5 Å². The van der Waals surface area contributed by atoms with Gasteiger partial charge in [0.05, 0.1) is 41.2 Å². The van der Waals surface area contributed by atoms with Gasteiger partial charge in [0, 0.05) is 51.7 Å². The number of benzene rings is 1. The first kappa shape index (κ1) is 23.1. The van der Waals surface area contributed by atoms with Crippen molar-refractivity contribution in [2.75, 3.05) is 51.4 Å². The summed E-state index contributed by atoms with van der Waals surface area (Å²) in [5.41, 5.74) is 7.40. The Morgan fingerprint density at radius 1 is 1.32 bits per heavy atom. The van der Waals surface area contributed by atoms with Crippen LogP contribution in [0.2, 0.25) is 5.02 Å². The van der Waals surface area contributed by atoms with E-state index in [1.54, 1.807) is 25.6 Å². The Hall–Kier alpha value is -2.62. The number of nitrogens with zero attached hydrogens (tertiary/aromatic N) is 3. The number of carbonyl (C=O) groups excluding carboxylic acids is 1. The third kappa shape index (κ3) is 5.75. The van der Waals surface area contributed by atoms with Crippen LogP contribution in [0.25, 0.3) is 0 Å². The number of nitrogens with two attached hydrogens (primary N) is 1. The monoisotopic (exact) mass is 448 g/mol. The maximum atomic E-state index is 12.9. The minimum atomic E-state index is -0.265. The Morgan fingerprint density at radius 3 is 2.81 bits per heavy atom. The summed E-state index contributed by atoms with van der Waals surface area (Å²) in [6.45, 7) is 5.05. The van der Waals surface area contributed by atoms with Crippen LogP contribution < -0.4 is 21.1 Å². The number of carbonyl (C=O) groups is 1. The van der Waals surface area contributed by atoms with Crippen molar-refractivity contribution in [3.8, 4) is 5.75 Å². The summed E-state index contributed by atoms with van der Waals surface area (Å²) >= 11 is 6.10. The number of hydrogen-bond acceptors (Lipinski definition) is 8. The molecule has 10 heteroatoms. The zero-order valence-corrected chi connectivity index (χ0v) is 18.8. The summed E-state index contributed by atoms with van der Waals surface area (Å²) in [5.74, 6) is 0.916. The van der Waals surface area contributed by atoms with Crippen molar-refractivity contribution in [1.29, 1.82) is 0 Å². The lowest BCUT2D eigenvalue weighted by molar-refractivity contribution is 0.00762. The smallest absolute Gasteiger partial charge is 0.255 e. The fourth-order valence-corrected chi connectivity index (χ4v) is 3.83. The van der Waals surface area contributed by atoms with Crippen LogP contribution in [0.5, 0.6) is 5.75 Å². The molecule has 0 radical (unpaired) electrons. The highest BCUT2D eigenvalue weighted by Gasteiger charge is 2.31. The first-order valence-electron chi connectivity index (χ1n) is 10.1. The maximum Gasteiger partial charge on any atom is 0.255 e. The molecular weight excluding hydrogens is 420 g/mol. The number of halogens is 1. The van der Waals surface area contributed by atoms with Crippen LogP contribution in [-0.4, -0.2) is 73.3 Å². The summed E-state index contributed by atoms with van der Waals surface area (Å²) in [6.07, 6.45) is 3.98. The molecule has 2 heterocycles. The number of hydrogen-bond donors (Lipinski definition) is 3. The number of likely N-dealkylation sites (tertiary alicyclic amines) is 1. The molecule has 1 aliphatic heterocycles. The number of anilines is 2. The van der Waals surface area contributed by atoms with E-state index in [0.29, 0.717) is 28.6 Å². The fourth-order valence-electron chi connectivity index (χ4n) is 3.66. The lowest BCUT2D eigenvalue weighted by Crippen LogP contribution is -2.55. The lowest BCUT2D eigenvalue weighted by atomic mass is 10.0. The number of amides is 1. The summed E-state index contributed by atoms with van der Waals surface area (Å²) in [4.78, 5) is 23.7. The van der Waals surface area contributed by atoms with E-state index in [1.807, 2.05) is 6.92 Å². The van der Waals surface area contributed by atoms with Crippen molar-refractivity contribution in [3.05, 3.63) is 40.8 Å². The predicted molar refractivity (Wildman–Crippen MR) is 121 cm³/mol. The van der Waals surface area contributed by atoms with Gasteiger partial charge in [-0.1, -0.05) is 11.6 Å². The third-order valence-corrected chi connectivity index (χ3v) is 5.75. The van der Waals surface area contributed by atoms with Crippen LogP contribution in [0.15, 0.2) is 24.5 Å². The first-order chi connectivity index (χ1) is 14.9. The SMILES string of the molecule is COc1cc(N)c(Cl)cc1C(=O)N[C@H]1CCN(CCNc2nccnc2C)C[C@H]1OC. The van der Waals surface area contributed by atoms with Crippen LogP contribution in [-0.2, 0) is 4.74 Å². The highest BCUT2D eigenvalue weighted by Crippen LogP contribution is 2.29. The number of rotatable bonds is 8. The molecule has 1 fully saturated rings. The van der Waals surface area contributed by atoms with Crippen LogP contribution in [0.4, 0.5) is 11.5 Å². The van der Waals surface area contributed by atoms with E-state index in [1.165, 1.54) is 13.2 Å². The molecule has 0 aliphatic carbocycles. The Balaban J connectivity index is 1.56. The zero-order valence-electron chi connectivity index (χ0n) is 18.0. The van der Waals surface area contributed by atoms with Crippen LogP contribution in [0.3, 0.4) is 0 Å². The number of ether oxygens (including phenoxy) is 2. The molecule has 0 spiro atoms. The number of methoxy groups -OCH3 is 2. The molecular formula is C21H29ClN6O3. The van der Waals surface area contributed by atoms with E-state index in [-0.39, 0.29) is 18.1 Å². The minimum absolute atomic E-state index is 0.120. The molecule has 2 aromatic rings. The second-order valence-corrected chi connectivity index (χ2v) is 7.84. The van der Waals surface area contributed by atoms with Gasteiger partial charge in [0.2, 0.25) is 0 Å². The van der Waals surface area contributed by atoms with Crippen molar-refractivity contribution in [3.63, 3.8) is 0 Å². The van der Waals surface area contributed by atoms with Gasteiger partial charge in [-0.05, 0) is 19.4 Å². The number of aromatic nitrogens is 2. The van der Waals surface area contributed by atoms with E-state index in [2.05, 4.69) is 25.5 Å². The predicted octanol–water partition coefficient (Wildman–Crippen LogP) is 1.96. The standard InChI is InChI=1S/C21H29ClN6O3/c1-13-20(25-6-5-24-13)26-7-9-28-8-4-17(19(12-28)31-3)27-21(29)14-10-15(22)16(23)11-18(14)30-2/h5-6,10-11,17,19H,4,7-9,12,23H2,1-3H3,(H,25,26)(H,27,29)/t17-,19+/m0/s1. The van der Waals surface area contributed by atoms with Gasteiger partial charge >= 0.3 is 0 Å². The normalized spacial score (nSPS) is 19.1. The van der Waals surface area contributed by atoms with Gasteiger partial charge in [-0.2, -0.15) is 0 Å². The molecule has 0 bridgehead atoms. The molecule has 1 saturated heterocycles. The van der Waals surface area contributed by atoms with E-state index in [9.17, 15) is 4.79 Å². The molecule has 1 amide bonds. The number of nitrogen functional groups attached to an aromatic ring is 1. The molecule has 31 heavy (non-hydrogen) atoms. The van der Waals surface area contributed by atoms with Gasteiger partial charge in [0.25, 0.3) is 5.91 Å². The van der Waals surface area contributed by atoms with Crippen LogP contribution >= 0.6 is 11.6 Å². The van der Waals surface area contributed by atoms with Crippen LogP contribution in [0, 0.1) is 6.92 Å². The highest BCUT2D eigenvalue weighted by molar-refractivity contribution is 6.33. The van der Waals surface area contributed by atoms with Crippen molar-refractivity contribution >= 4 is 29.0 Å². The molecule has 4 N–H and O–H groups in total. The van der Waals surface area contributed by atoms with E-state index < -0.39 is 0 Å². The first-order valence-corrected chi connectivity index (χ1v) is 10.5.